The van der Waals surface area contributed by atoms with Gasteiger partial charge in [0, 0.05) is 24.8 Å². The molecule has 0 spiro atoms. The van der Waals surface area contributed by atoms with Crippen molar-refractivity contribution in [3.8, 4) is 17.6 Å². The largest absolute Gasteiger partial charge is 0.497 e. The first-order chi connectivity index (χ1) is 29.4. The highest BCUT2D eigenvalue weighted by Crippen LogP contribution is 2.62. The number of aromatic amines is 1. The number of nitrogens with zero attached hydrogens (tertiary/aromatic N) is 3. The fourth-order valence-electron chi connectivity index (χ4n) is 8.21. The molecule has 0 amide bonds. The quantitative estimate of drug-likeness (QED) is 0.0466. The fraction of sp³-hybridized carbons (Fsp3) is 0.356. The molecule has 8 rings (SSSR count). The highest BCUT2D eigenvalue weighted by atomic mass is 31.2. The first kappa shape index (κ1) is 41.5. The molecule has 7 atom stereocenters. The lowest BCUT2D eigenvalue weighted by Crippen LogP contribution is -2.42. The summed E-state index contributed by atoms with van der Waals surface area (Å²) in [4.78, 5) is 28.1. The Morgan fingerprint density at radius 1 is 0.850 bits per heavy atom. The maximum Gasteiger partial charge on any atom is 0.330 e. The lowest BCUT2D eigenvalue weighted by molar-refractivity contribution is -0.137. The maximum absolute atomic E-state index is 13.5. The summed E-state index contributed by atoms with van der Waals surface area (Å²) in [6, 6.07) is 38.9. The Hall–Kier alpha value is -5.20. The number of nitriles is 1. The van der Waals surface area contributed by atoms with Gasteiger partial charge in [-0.15, -0.1) is 0 Å². The number of hydrogen-bond donors (Lipinski definition) is 1. The maximum atomic E-state index is 13.5. The van der Waals surface area contributed by atoms with E-state index in [0.29, 0.717) is 11.5 Å². The Kier molecular flexibility index (Phi) is 13.2. The molecule has 0 bridgehead atoms. The average Bonchev–Trinajstić information content (AvgIpc) is 4.00. The predicted octanol–water partition coefficient (Wildman–Crippen LogP) is 6.58. The number of fused-ring (bicyclic) bond motifs is 1. The lowest BCUT2D eigenvalue weighted by atomic mass is 9.80. The number of methoxy groups -OCH3 is 2. The summed E-state index contributed by atoms with van der Waals surface area (Å²) in [6.45, 7) is 0.641. The van der Waals surface area contributed by atoms with Gasteiger partial charge >= 0.3 is 5.69 Å². The van der Waals surface area contributed by atoms with Gasteiger partial charge < -0.3 is 37.5 Å². The molecule has 3 saturated heterocycles. The number of rotatable bonds is 17. The van der Waals surface area contributed by atoms with Crippen molar-refractivity contribution in [2.24, 2.45) is 0 Å². The number of hydrogen-bond acceptors (Lipinski definition) is 12. The number of H-pyrrole nitrogens is 1. The molecule has 1 aromatic heterocycles. The van der Waals surface area contributed by atoms with Crippen molar-refractivity contribution in [2.45, 2.75) is 61.5 Å². The molecular weight excluding hydrogens is 787 g/mol. The second kappa shape index (κ2) is 19.0. The van der Waals surface area contributed by atoms with Crippen LogP contribution in [0.15, 0.2) is 131 Å². The molecule has 60 heavy (non-hydrogen) atoms. The van der Waals surface area contributed by atoms with E-state index in [9.17, 15) is 9.59 Å². The van der Waals surface area contributed by atoms with Crippen LogP contribution < -0.4 is 20.7 Å². The lowest BCUT2D eigenvalue weighted by Gasteiger charge is -2.37. The molecule has 3 aliphatic rings. The molecule has 0 saturated carbocycles. The Labute approximate surface area is 349 Å². The molecule has 4 heterocycles. The summed E-state index contributed by atoms with van der Waals surface area (Å²) in [5.74, 6) is 1.37. The highest BCUT2D eigenvalue weighted by Gasteiger charge is 2.54. The third-order valence-corrected chi connectivity index (χ3v) is 12.9. The molecule has 0 aliphatic carbocycles. The van der Waals surface area contributed by atoms with E-state index in [1.165, 1.54) is 16.8 Å². The van der Waals surface area contributed by atoms with E-state index in [4.69, 9.17) is 42.7 Å². The number of benzene rings is 4. The minimum Gasteiger partial charge on any atom is -0.497 e. The first-order valence-corrected chi connectivity index (χ1v) is 21.0. The molecule has 15 heteroatoms. The van der Waals surface area contributed by atoms with E-state index in [1.807, 2.05) is 97.1 Å². The smallest absolute Gasteiger partial charge is 0.330 e. The summed E-state index contributed by atoms with van der Waals surface area (Å²) >= 11 is 0. The van der Waals surface area contributed by atoms with Crippen LogP contribution in [-0.4, -0.2) is 79.3 Å². The number of nitrogens with one attached hydrogen (secondary N) is 1. The van der Waals surface area contributed by atoms with E-state index in [1.54, 1.807) is 14.2 Å². The van der Waals surface area contributed by atoms with Crippen molar-refractivity contribution >= 4 is 8.53 Å². The van der Waals surface area contributed by atoms with Crippen LogP contribution in [0.5, 0.6) is 11.5 Å². The molecule has 1 unspecified atom stereocenters. The van der Waals surface area contributed by atoms with Crippen molar-refractivity contribution in [2.75, 3.05) is 40.8 Å². The third kappa shape index (κ3) is 8.54. The molecular formula is C45H47N4O10P. The van der Waals surface area contributed by atoms with Gasteiger partial charge in [-0.25, -0.2) is 9.46 Å². The van der Waals surface area contributed by atoms with E-state index in [-0.39, 0.29) is 38.6 Å². The Morgan fingerprint density at radius 3 is 2.13 bits per heavy atom. The molecule has 5 aromatic rings. The van der Waals surface area contributed by atoms with E-state index in [2.05, 4.69) is 27.9 Å². The van der Waals surface area contributed by atoms with Gasteiger partial charge in [0.25, 0.3) is 14.1 Å². The third-order valence-electron chi connectivity index (χ3n) is 11.1. The van der Waals surface area contributed by atoms with Crippen molar-refractivity contribution in [1.82, 2.24) is 14.2 Å². The summed E-state index contributed by atoms with van der Waals surface area (Å²) in [5, 5.41) is 9.14. The van der Waals surface area contributed by atoms with Gasteiger partial charge in [-0.2, -0.15) is 5.26 Å². The second-order valence-electron chi connectivity index (χ2n) is 14.6. The van der Waals surface area contributed by atoms with Crippen molar-refractivity contribution < 1.29 is 37.5 Å². The van der Waals surface area contributed by atoms with E-state index in [0.717, 1.165) is 41.6 Å². The number of aromatic nitrogens is 2. The van der Waals surface area contributed by atoms with Crippen molar-refractivity contribution in [3.63, 3.8) is 0 Å². The molecule has 312 valence electrons. The van der Waals surface area contributed by atoms with Crippen LogP contribution in [-0.2, 0) is 33.6 Å². The zero-order valence-corrected chi connectivity index (χ0v) is 34.2. The SMILES string of the molecule is COc1ccc(C(OC[C@H]2O[C@@H](n3ccc(=O)[nH]c3=O)[C@H](OCOCCC#N)[C@@H]2OP2O[C@@H](c3ccccc3)[C@H]3CCCN32)(c2ccccc2)c2ccc(OC)cc2)cc1. The van der Waals surface area contributed by atoms with Crippen LogP contribution >= 0.6 is 8.53 Å². The Balaban J connectivity index is 1.21. The summed E-state index contributed by atoms with van der Waals surface area (Å²) in [6.07, 6.45) is -0.521. The molecule has 4 aromatic carbocycles. The normalized spacial score (nSPS) is 23.9. The van der Waals surface area contributed by atoms with Crippen molar-refractivity contribution in [1.29, 1.82) is 5.26 Å². The van der Waals surface area contributed by atoms with Gasteiger partial charge in [-0.05, 0) is 59.4 Å². The fourth-order valence-corrected chi connectivity index (χ4v) is 10.2. The van der Waals surface area contributed by atoms with E-state index < -0.39 is 49.9 Å². The second-order valence-corrected chi connectivity index (χ2v) is 16.0. The van der Waals surface area contributed by atoms with Crippen LogP contribution in [0.2, 0.25) is 0 Å². The predicted molar refractivity (Wildman–Crippen MR) is 221 cm³/mol. The zero-order chi connectivity index (χ0) is 41.5. The summed E-state index contributed by atoms with van der Waals surface area (Å²) in [7, 11) is 1.58. The van der Waals surface area contributed by atoms with Crippen LogP contribution in [0, 0.1) is 11.3 Å². The number of ether oxygens (including phenoxy) is 6. The van der Waals surface area contributed by atoms with Gasteiger partial charge in [0.1, 0.15) is 48.3 Å². The topological polar surface area (TPSA) is 156 Å². The van der Waals surface area contributed by atoms with Gasteiger partial charge in [0.2, 0.25) is 0 Å². The zero-order valence-electron chi connectivity index (χ0n) is 33.3. The summed E-state index contributed by atoms with van der Waals surface area (Å²) in [5.41, 5.74) is 1.10. The van der Waals surface area contributed by atoms with Crippen LogP contribution in [0.3, 0.4) is 0 Å². The Bertz CT molecular complexity index is 2280. The molecule has 3 fully saturated rings. The van der Waals surface area contributed by atoms with Gasteiger partial charge in [0.05, 0.1) is 39.9 Å². The summed E-state index contributed by atoms with van der Waals surface area (Å²) < 4.78 is 54.9. The highest BCUT2D eigenvalue weighted by molar-refractivity contribution is 7.45. The van der Waals surface area contributed by atoms with Gasteiger partial charge in [0.15, 0.2) is 6.23 Å². The standard InChI is InChI=1S/C45H47N4O10P/c1-52-35-20-16-33(17-21-35)45(32-13-7-4-8-14-32,34-18-22-36(53-2)23-19-34)56-29-38-41(59-60-49-26-9-15-37(49)40(58-60)31-11-5-3-6-12-31)42(55-30-54-28-10-25-46)43(57-38)48-27-24-39(50)47-44(48)51/h3-8,11-14,16-24,27,37-38,40-43H,9-10,15,26,28-30H2,1-2H3,(H,47,50,51)/t37-,38-,40+,41-,42-,43-,60?/m1/s1. The van der Waals surface area contributed by atoms with E-state index >= 15 is 0 Å². The Morgan fingerprint density at radius 2 is 1.50 bits per heavy atom. The molecule has 3 aliphatic heterocycles. The molecule has 0 radical (unpaired) electrons. The van der Waals surface area contributed by atoms with Gasteiger partial charge in [-0.1, -0.05) is 84.9 Å². The van der Waals surface area contributed by atoms with Crippen LogP contribution in [0.25, 0.3) is 0 Å². The van der Waals surface area contributed by atoms with Gasteiger partial charge in [-0.3, -0.25) is 14.3 Å². The monoisotopic (exact) mass is 834 g/mol. The van der Waals surface area contributed by atoms with Crippen molar-refractivity contribution in [3.05, 3.63) is 165 Å². The average molecular weight is 835 g/mol. The molecule has 1 N–H and O–H groups in total. The van der Waals surface area contributed by atoms with Crippen LogP contribution in [0.4, 0.5) is 0 Å². The minimum atomic E-state index is -1.66. The minimum absolute atomic E-state index is 0.0594. The van der Waals surface area contributed by atoms with Crippen LogP contribution in [0.1, 0.15) is 53.8 Å². The first-order valence-electron chi connectivity index (χ1n) is 19.9. The molecule has 14 nitrogen and oxygen atoms in total.